The molecule has 1 fully saturated rings. The number of aromatic nitrogens is 3. The minimum Gasteiger partial charge on any atom is -0.457 e. The van der Waals surface area contributed by atoms with Crippen LogP contribution in [0.15, 0.2) is 141 Å². The van der Waals surface area contributed by atoms with Crippen molar-refractivity contribution in [2.24, 2.45) is 11.8 Å². The van der Waals surface area contributed by atoms with Crippen LogP contribution in [0.1, 0.15) is 69.4 Å². The first kappa shape index (κ1) is 48.7. The van der Waals surface area contributed by atoms with E-state index in [1.807, 2.05) is 135 Å². The average molecular weight is 945 g/mol. The normalized spacial score (nSPS) is 16.7. The molecule has 11 nitrogen and oxygen atoms in total. The summed E-state index contributed by atoms with van der Waals surface area (Å²) in [7, 11) is -2.46. The van der Waals surface area contributed by atoms with E-state index in [-0.39, 0.29) is 28.8 Å². The SMILES string of the molecule is C=CCOC(=O)C(N1C(=O)[C@H]([C@@H](C)O[Si](C)(C)C(C)(C)C)[C@H]1[C@@H](C)C(=O)c1cn2cnc(C(OCC)(OCC)c3cccnc3)c2s1)=P(c1ccccc1)(c1ccccc1)c1ccccc1. The molecule has 4 atom stereocenters. The van der Waals surface area contributed by atoms with E-state index in [0.717, 1.165) is 15.9 Å². The van der Waals surface area contributed by atoms with Crippen LogP contribution >= 0.6 is 18.2 Å². The number of carbonyl (C=O) groups is 3. The summed E-state index contributed by atoms with van der Waals surface area (Å²) in [4.78, 5) is 58.2. The van der Waals surface area contributed by atoms with Gasteiger partial charge < -0.3 is 23.5 Å². The number of imidazole rings is 1. The number of fused-ring (bicyclic) bond motifs is 1. The van der Waals surface area contributed by atoms with E-state index in [2.05, 4.69) is 45.4 Å². The largest absolute Gasteiger partial charge is 0.457 e. The van der Waals surface area contributed by atoms with Gasteiger partial charge in [0.15, 0.2) is 14.1 Å². The van der Waals surface area contributed by atoms with Crippen molar-refractivity contribution < 1.29 is 33.0 Å². The van der Waals surface area contributed by atoms with E-state index in [1.54, 1.807) is 29.8 Å². The Morgan fingerprint density at radius 2 is 1.44 bits per heavy atom. The summed E-state index contributed by atoms with van der Waals surface area (Å²) in [5.74, 6) is -4.16. The van der Waals surface area contributed by atoms with Gasteiger partial charge in [0, 0.05) is 50.2 Å². The molecule has 0 saturated carbocycles. The Morgan fingerprint density at radius 1 is 0.879 bits per heavy atom. The van der Waals surface area contributed by atoms with Crippen LogP contribution in [0.2, 0.25) is 18.1 Å². The Hall–Kier alpha value is -5.27. The van der Waals surface area contributed by atoms with Gasteiger partial charge in [-0.25, -0.2) is 9.78 Å². The van der Waals surface area contributed by atoms with E-state index in [1.165, 1.54) is 17.4 Å². The second kappa shape index (κ2) is 19.9. The van der Waals surface area contributed by atoms with Gasteiger partial charge in [0.25, 0.3) is 0 Å². The summed E-state index contributed by atoms with van der Waals surface area (Å²) < 4.78 is 27.7. The Kier molecular flexibility index (Phi) is 14.7. The van der Waals surface area contributed by atoms with Gasteiger partial charge in [-0.1, -0.05) is 137 Å². The van der Waals surface area contributed by atoms with Gasteiger partial charge in [-0.05, 0) is 60.9 Å². The minimum absolute atomic E-state index is 0.0847. The molecule has 1 amide bonds. The number of benzene rings is 3. The molecule has 3 aromatic heterocycles. The van der Waals surface area contributed by atoms with Crippen LogP contribution in [0.4, 0.5) is 0 Å². The van der Waals surface area contributed by atoms with Crippen molar-refractivity contribution in [1.82, 2.24) is 19.3 Å². The maximum Gasteiger partial charge on any atom is 0.356 e. The van der Waals surface area contributed by atoms with Gasteiger partial charge in [-0.15, -0.1) is 11.3 Å². The maximum atomic E-state index is 15.6. The van der Waals surface area contributed by atoms with Crippen molar-refractivity contribution in [3.63, 3.8) is 0 Å². The second-order valence-electron chi connectivity index (χ2n) is 18.0. The molecule has 0 N–H and O–H groups in total. The summed E-state index contributed by atoms with van der Waals surface area (Å²) in [5.41, 5.74) is 1.35. The van der Waals surface area contributed by atoms with E-state index in [0.29, 0.717) is 34.2 Å². The van der Waals surface area contributed by atoms with Crippen molar-refractivity contribution in [2.45, 2.75) is 84.5 Å². The molecule has 1 saturated heterocycles. The van der Waals surface area contributed by atoms with Crippen LogP contribution < -0.4 is 15.9 Å². The lowest BCUT2D eigenvalue weighted by molar-refractivity contribution is -0.214. The van der Waals surface area contributed by atoms with Gasteiger partial charge >= 0.3 is 5.97 Å². The van der Waals surface area contributed by atoms with Gasteiger partial charge in [0.1, 0.15) is 28.9 Å². The molecule has 3 aromatic carbocycles. The first-order valence-electron chi connectivity index (χ1n) is 22.5. The number of ether oxygens (including phenoxy) is 3. The molecule has 4 heterocycles. The van der Waals surface area contributed by atoms with E-state index in [4.69, 9.17) is 23.6 Å². The number of likely N-dealkylation sites (tertiary alicyclic amines) is 1. The molecule has 66 heavy (non-hydrogen) atoms. The number of pyridine rings is 1. The number of thiazole rings is 1. The highest BCUT2D eigenvalue weighted by Gasteiger charge is 2.59. The van der Waals surface area contributed by atoms with Crippen molar-refractivity contribution in [3.05, 3.63) is 157 Å². The average Bonchev–Trinajstić information content (AvgIpc) is 3.92. The number of hydrogen-bond donors (Lipinski definition) is 0. The first-order chi connectivity index (χ1) is 31.6. The summed E-state index contributed by atoms with van der Waals surface area (Å²) in [6, 6.07) is 32.5. The fourth-order valence-corrected chi connectivity index (χ4v) is 15.8. The zero-order chi connectivity index (χ0) is 47.4. The number of nitrogens with zero attached hydrogens (tertiary/aromatic N) is 4. The number of rotatable bonds is 19. The smallest absolute Gasteiger partial charge is 0.356 e. The second-order valence-corrected chi connectivity index (χ2v) is 27.1. The Bertz CT molecular complexity index is 2610. The fraction of sp³-hybridized carbons (Fsp3) is 0.346. The van der Waals surface area contributed by atoms with Crippen LogP contribution in [0.5, 0.6) is 0 Å². The summed E-state index contributed by atoms with van der Waals surface area (Å²) in [6.45, 7) is 19.5. The fourth-order valence-electron chi connectivity index (χ4n) is 8.84. The number of Topliss-reactive ketones (excluding diaryl/α,β-unsaturated/α-hetero) is 1. The topological polar surface area (TPSA) is 122 Å². The van der Waals surface area contributed by atoms with Crippen LogP contribution in [-0.2, 0) is 34.0 Å². The highest BCUT2D eigenvalue weighted by atomic mass is 32.1. The number of carbonyl (C=O) groups excluding carboxylic acids is 3. The zero-order valence-corrected chi connectivity index (χ0v) is 42.1. The molecular formula is C52H61N4O7PSSi. The predicted octanol–water partition coefficient (Wildman–Crippen LogP) is 8.97. The predicted molar refractivity (Wildman–Crippen MR) is 268 cm³/mol. The van der Waals surface area contributed by atoms with E-state index in [9.17, 15) is 0 Å². The summed E-state index contributed by atoms with van der Waals surface area (Å²) in [5, 5.41) is 2.38. The van der Waals surface area contributed by atoms with Crippen LogP contribution in [-0.4, -0.2) is 82.6 Å². The van der Waals surface area contributed by atoms with Crippen molar-refractivity contribution in [3.8, 4) is 0 Å². The van der Waals surface area contributed by atoms with Gasteiger partial charge in [-0.2, -0.15) is 0 Å². The molecule has 346 valence electrons. The molecular weight excluding hydrogens is 884 g/mol. The molecule has 14 heteroatoms. The Labute approximate surface area is 393 Å². The Balaban J connectivity index is 1.47. The lowest BCUT2D eigenvalue weighted by Gasteiger charge is -2.54. The molecule has 0 aliphatic carbocycles. The maximum absolute atomic E-state index is 15.6. The van der Waals surface area contributed by atoms with Crippen molar-refractivity contribution >= 4 is 70.4 Å². The van der Waals surface area contributed by atoms with Gasteiger partial charge in [0.2, 0.25) is 11.7 Å². The minimum atomic E-state index is -3.28. The van der Waals surface area contributed by atoms with Crippen LogP contribution in [0.25, 0.3) is 4.83 Å². The molecule has 6 aromatic rings. The number of β-lactam (4-membered cyclic amide) rings is 1. The van der Waals surface area contributed by atoms with Crippen LogP contribution in [0, 0.1) is 11.8 Å². The number of esters is 1. The van der Waals surface area contributed by atoms with Crippen molar-refractivity contribution in [1.29, 1.82) is 0 Å². The monoisotopic (exact) mass is 944 g/mol. The lowest BCUT2D eigenvalue weighted by atomic mass is 9.75. The highest BCUT2D eigenvalue weighted by Crippen LogP contribution is 2.52. The highest BCUT2D eigenvalue weighted by molar-refractivity contribution is 7.96. The third-order valence-corrected chi connectivity index (χ3v) is 22.8. The first-order valence-corrected chi connectivity index (χ1v) is 28.0. The third-order valence-electron chi connectivity index (χ3n) is 12.9. The molecule has 1 aliphatic heterocycles. The molecule has 7 rings (SSSR count). The lowest BCUT2D eigenvalue weighted by Crippen LogP contribution is -2.71. The van der Waals surface area contributed by atoms with Gasteiger partial charge in [0.05, 0.1) is 22.9 Å². The van der Waals surface area contributed by atoms with Crippen molar-refractivity contribution in [2.75, 3.05) is 19.8 Å². The zero-order valence-electron chi connectivity index (χ0n) is 39.3. The van der Waals surface area contributed by atoms with Crippen LogP contribution in [0.3, 0.4) is 0 Å². The summed E-state index contributed by atoms with van der Waals surface area (Å²) in [6.07, 6.45) is 7.74. The molecule has 0 spiro atoms. The number of ketones is 1. The molecule has 0 unspecified atom stereocenters. The molecule has 1 aliphatic rings. The third kappa shape index (κ3) is 8.73. The number of hydrogen-bond acceptors (Lipinski definition) is 10. The standard InChI is InChI=1S/C52H61N4O7PSSi/c1-11-32-60-50(59)48(64(39-25-17-14-18-26-39,40-27-19-15-20-28-40)41-29-21-16-22-30-41)56-44(43(47(56)58)37(5)63-66(9,10)51(6,7)8)36(4)45(57)42-34-55-35-54-46(49(55)65-42)52(61-12-2,62-13-3)38-24-23-31-53-33-38/h11,14-31,33-37,43-44H,1,12-13,32H2,2-10H3/t36-,37-,43-,44-/m1/s1. The Morgan fingerprint density at radius 3 is 1.92 bits per heavy atom. The van der Waals surface area contributed by atoms with E-state index >= 15 is 14.4 Å². The quantitative estimate of drug-likeness (QED) is 0.0149. The molecule has 0 bridgehead atoms. The van der Waals surface area contributed by atoms with E-state index < -0.39 is 50.9 Å². The molecule has 0 radical (unpaired) electrons. The summed E-state index contributed by atoms with van der Waals surface area (Å²) >= 11 is 1.28. The number of amides is 1. The van der Waals surface area contributed by atoms with Gasteiger partial charge in [-0.3, -0.25) is 19.0 Å².